The summed E-state index contributed by atoms with van der Waals surface area (Å²) >= 11 is 0. The van der Waals surface area contributed by atoms with Gasteiger partial charge in [0.25, 0.3) is 0 Å². The Balaban J connectivity index is 2.43. The molecular weight excluding hydrogens is 220 g/mol. The van der Waals surface area contributed by atoms with Crippen LogP contribution in [0.15, 0.2) is 29.4 Å². The molecular formula is C11H16N4O2. The number of carbonyl (C=O) groups excluding carboxylic acids is 1. The van der Waals surface area contributed by atoms with Crippen molar-refractivity contribution in [3.05, 3.63) is 35.4 Å². The molecule has 0 saturated carbocycles. The minimum Gasteiger partial charge on any atom is -0.409 e. The zero-order chi connectivity index (χ0) is 12.7. The summed E-state index contributed by atoms with van der Waals surface area (Å²) in [6.45, 7) is 1.20. The van der Waals surface area contributed by atoms with E-state index in [0.29, 0.717) is 25.1 Å². The number of amidine groups is 1. The number of oxime groups is 1. The summed E-state index contributed by atoms with van der Waals surface area (Å²) in [6, 6.07) is 7.26. The number of hydrogen-bond acceptors (Lipinski definition) is 4. The number of carbonyl (C=O) groups is 1. The Morgan fingerprint density at radius 1 is 1.29 bits per heavy atom. The van der Waals surface area contributed by atoms with Crippen LogP contribution in [-0.2, 0) is 11.3 Å². The third kappa shape index (κ3) is 4.52. The Kier molecular flexibility index (Phi) is 4.96. The maximum atomic E-state index is 10.5. The van der Waals surface area contributed by atoms with Gasteiger partial charge >= 0.3 is 0 Å². The van der Waals surface area contributed by atoms with Gasteiger partial charge in [0, 0.05) is 25.1 Å². The Morgan fingerprint density at radius 3 is 2.47 bits per heavy atom. The standard InChI is InChI=1S/C11H16N4O2/c12-10(16)5-6-14-7-8-1-3-9(4-2-8)11(13)15-17/h1-4,14,17H,5-7H2,(H2,12,16)(H2,13,15). The molecule has 0 saturated heterocycles. The van der Waals surface area contributed by atoms with Crippen molar-refractivity contribution in [1.29, 1.82) is 0 Å². The van der Waals surface area contributed by atoms with Crippen molar-refractivity contribution in [3.8, 4) is 0 Å². The molecule has 6 N–H and O–H groups in total. The summed E-state index contributed by atoms with van der Waals surface area (Å²) in [5, 5.41) is 14.5. The van der Waals surface area contributed by atoms with Crippen molar-refractivity contribution >= 4 is 11.7 Å². The molecule has 0 aromatic heterocycles. The number of benzene rings is 1. The van der Waals surface area contributed by atoms with Gasteiger partial charge in [-0.25, -0.2) is 0 Å². The summed E-state index contributed by atoms with van der Waals surface area (Å²) < 4.78 is 0. The first-order valence-corrected chi connectivity index (χ1v) is 5.19. The lowest BCUT2D eigenvalue weighted by atomic mass is 10.1. The summed E-state index contributed by atoms with van der Waals surface area (Å²) in [7, 11) is 0. The van der Waals surface area contributed by atoms with Gasteiger partial charge in [0.05, 0.1) is 0 Å². The second kappa shape index (κ2) is 6.49. The molecule has 92 valence electrons. The van der Waals surface area contributed by atoms with E-state index in [1.165, 1.54) is 0 Å². The number of nitrogens with zero attached hydrogens (tertiary/aromatic N) is 1. The molecule has 1 amide bonds. The zero-order valence-corrected chi connectivity index (χ0v) is 9.39. The number of nitrogens with one attached hydrogen (secondary N) is 1. The predicted molar refractivity (Wildman–Crippen MR) is 64.5 cm³/mol. The predicted octanol–water partition coefficient (Wildman–Crippen LogP) is -0.254. The average molecular weight is 236 g/mol. The van der Waals surface area contributed by atoms with Crippen LogP contribution in [-0.4, -0.2) is 23.5 Å². The van der Waals surface area contributed by atoms with E-state index in [4.69, 9.17) is 16.7 Å². The van der Waals surface area contributed by atoms with Crippen LogP contribution in [0.3, 0.4) is 0 Å². The average Bonchev–Trinajstić information content (AvgIpc) is 2.34. The molecule has 0 aliphatic carbocycles. The van der Waals surface area contributed by atoms with Crippen molar-refractivity contribution in [2.24, 2.45) is 16.6 Å². The number of nitrogens with two attached hydrogens (primary N) is 2. The molecule has 1 rings (SSSR count). The van der Waals surface area contributed by atoms with E-state index in [2.05, 4.69) is 10.5 Å². The van der Waals surface area contributed by atoms with Crippen molar-refractivity contribution in [2.45, 2.75) is 13.0 Å². The first kappa shape index (κ1) is 13.0. The number of hydrogen-bond donors (Lipinski definition) is 4. The van der Waals surface area contributed by atoms with E-state index in [9.17, 15) is 4.79 Å². The molecule has 0 bridgehead atoms. The van der Waals surface area contributed by atoms with Crippen LogP contribution in [0.4, 0.5) is 0 Å². The van der Waals surface area contributed by atoms with E-state index < -0.39 is 0 Å². The summed E-state index contributed by atoms with van der Waals surface area (Å²) in [4.78, 5) is 10.5. The number of primary amides is 1. The lowest BCUT2D eigenvalue weighted by Gasteiger charge is -2.04. The number of amides is 1. The monoisotopic (exact) mass is 236 g/mol. The van der Waals surface area contributed by atoms with Crippen LogP contribution in [0, 0.1) is 0 Å². The Labute approximate surface area is 99.3 Å². The molecule has 0 heterocycles. The van der Waals surface area contributed by atoms with E-state index in [1.807, 2.05) is 12.1 Å². The Hall–Kier alpha value is -2.08. The second-order valence-electron chi connectivity index (χ2n) is 3.58. The highest BCUT2D eigenvalue weighted by Crippen LogP contribution is 2.03. The van der Waals surface area contributed by atoms with Crippen molar-refractivity contribution in [3.63, 3.8) is 0 Å². The maximum absolute atomic E-state index is 10.5. The van der Waals surface area contributed by atoms with Crippen LogP contribution < -0.4 is 16.8 Å². The van der Waals surface area contributed by atoms with Crippen LogP contribution in [0.2, 0.25) is 0 Å². The third-order valence-electron chi connectivity index (χ3n) is 2.23. The van der Waals surface area contributed by atoms with E-state index in [0.717, 1.165) is 5.56 Å². The highest BCUT2D eigenvalue weighted by atomic mass is 16.4. The normalized spacial score (nSPS) is 11.4. The van der Waals surface area contributed by atoms with Gasteiger partial charge in [-0.3, -0.25) is 4.79 Å². The molecule has 6 nitrogen and oxygen atoms in total. The molecule has 1 aromatic carbocycles. The fraction of sp³-hybridized carbons (Fsp3) is 0.273. The molecule has 0 aliphatic heterocycles. The maximum Gasteiger partial charge on any atom is 0.218 e. The first-order chi connectivity index (χ1) is 8.13. The molecule has 0 atom stereocenters. The molecule has 1 aromatic rings. The molecule has 0 spiro atoms. The van der Waals surface area contributed by atoms with E-state index in [1.54, 1.807) is 12.1 Å². The van der Waals surface area contributed by atoms with E-state index >= 15 is 0 Å². The summed E-state index contributed by atoms with van der Waals surface area (Å²) in [5.41, 5.74) is 12.1. The highest BCUT2D eigenvalue weighted by Gasteiger charge is 1.99. The van der Waals surface area contributed by atoms with Gasteiger partial charge < -0.3 is 22.0 Å². The first-order valence-electron chi connectivity index (χ1n) is 5.19. The fourth-order valence-corrected chi connectivity index (χ4v) is 1.30. The highest BCUT2D eigenvalue weighted by molar-refractivity contribution is 5.96. The summed E-state index contributed by atoms with van der Waals surface area (Å²) in [5.74, 6) is -0.238. The Morgan fingerprint density at radius 2 is 1.94 bits per heavy atom. The van der Waals surface area contributed by atoms with Gasteiger partial charge in [-0.2, -0.15) is 0 Å². The van der Waals surface area contributed by atoms with Gasteiger partial charge in [-0.05, 0) is 5.56 Å². The summed E-state index contributed by atoms with van der Waals surface area (Å²) in [6.07, 6.45) is 0.322. The fourth-order valence-electron chi connectivity index (χ4n) is 1.30. The van der Waals surface area contributed by atoms with Gasteiger partial charge in [-0.1, -0.05) is 29.4 Å². The van der Waals surface area contributed by atoms with Crippen LogP contribution in [0.1, 0.15) is 17.5 Å². The minimum atomic E-state index is -0.320. The van der Waals surface area contributed by atoms with Gasteiger partial charge in [-0.15, -0.1) is 0 Å². The van der Waals surface area contributed by atoms with Crippen molar-refractivity contribution in [1.82, 2.24) is 5.32 Å². The lowest BCUT2D eigenvalue weighted by molar-refractivity contribution is -0.117. The molecule has 0 unspecified atom stereocenters. The largest absolute Gasteiger partial charge is 0.409 e. The SMILES string of the molecule is NC(=O)CCNCc1ccc(C(N)=NO)cc1. The molecule has 6 heteroatoms. The third-order valence-corrected chi connectivity index (χ3v) is 2.23. The van der Waals surface area contributed by atoms with Crippen molar-refractivity contribution in [2.75, 3.05) is 6.54 Å². The zero-order valence-electron chi connectivity index (χ0n) is 9.39. The molecule has 17 heavy (non-hydrogen) atoms. The minimum absolute atomic E-state index is 0.0817. The lowest BCUT2D eigenvalue weighted by Crippen LogP contribution is -2.21. The Bertz CT molecular complexity index is 400. The molecule has 0 radical (unpaired) electrons. The van der Waals surface area contributed by atoms with Gasteiger partial charge in [0.1, 0.15) is 0 Å². The van der Waals surface area contributed by atoms with Crippen molar-refractivity contribution < 1.29 is 10.0 Å². The quantitative estimate of drug-likeness (QED) is 0.179. The molecule has 0 fully saturated rings. The molecule has 0 aliphatic rings. The smallest absolute Gasteiger partial charge is 0.218 e. The van der Waals surface area contributed by atoms with Crippen LogP contribution >= 0.6 is 0 Å². The van der Waals surface area contributed by atoms with Gasteiger partial charge in [0.2, 0.25) is 5.91 Å². The van der Waals surface area contributed by atoms with Crippen LogP contribution in [0.25, 0.3) is 0 Å². The number of rotatable bonds is 6. The second-order valence-corrected chi connectivity index (χ2v) is 3.58. The topological polar surface area (TPSA) is 114 Å². The van der Waals surface area contributed by atoms with Gasteiger partial charge in [0.15, 0.2) is 5.84 Å². The van der Waals surface area contributed by atoms with Crippen LogP contribution in [0.5, 0.6) is 0 Å². The van der Waals surface area contributed by atoms with E-state index in [-0.39, 0.29) is 11.7 Å².